The first-order valence-corrected chi connectivity index (χ1v) is 11.2. The SMILES string of the molecule is CCC(C)NS(=O)(=O)c1ccc(C(=O)N(C)CCOc2cc(C)cc(C)c2)cc1. The fourth-order valence-electron chi connectivity index (χ4n) is 2.83. The van der Waals surface area contributed by atoms with Gasteiger partial charge in [-0.2, -0.15) is 0 Å². The van der Waals surface area contributed by atoms with Gasteiger partial charge in [0.25, 0.3) is 5.91 Å². The Hall–Kier alpha value is -2.38. The normalized spacial score (nSPS) is 12.4. The summed E-state index contributed by atoms with van der Waals surface area (Å²) in [5.41, 5.74) is 2.69. The van der Waals surface area contributed by atoms with Crippen LogP contribution in [-0.4, -0.2) is 45.5 Å². The molecule has 0 heterocycles. The first-order chi connectivity index (χ1) is 13.6. The Bertz CT molecular complexity index is 920. The summed E-state index contributed by atoms with van der Waals surface area (Å²) in [6.45, 7) is 8.53. The number of hydrogen-bond acceptors (Lipinski definition) is 4. The molecule has 0 radical (unpaired) electrons. The van der Waals surface area contributed by atoms with Gasteiger partial charge >= 0.3 is 0 Å². The summed E-state index contributed by atoms with van der Waals surface area (Å²) in [5.74, 6) is 0.597. The Morgan fingerprint density at radius 1 is 1.10 bits per heavy atom. The van der Waals surface area contributed by atoms with Crippen molar-refractivity contribution in [2.24, 2.45) is 0 Å². The van der Waals surface area contributed by atoms with Gasteiger partial charge < -0.3 is 9.64 Å². The topological polar surface area (TPSA) is 75.7 Å². The fourth-order valence-corrected chi connectivity index (χ4v) is 4.16. The third kappa shape index (κ3) is 6.58. The summed E-state index contributed by atoms with van der Waals surface area (Å²) in [6, 6.07) is 11.8. The summed E-state index contributed by atoms with van der Waals surface area (Å²) >= 11 is 0. The van der Waals surface area contributed by atoms with E-state index in [0.717, 1.165) is 16.9 Å². The third-order valence-electron chi connectivity index (χ3n) is 4.62. The first-order valence-electron chi connectivity index (χ1n) is 9.71. The maximum Gasteiger partial charge on any atom is 0.253 e. The molecule has 2 aromatic rings. The monoisotopic (exact) mass is 418 g/mol. The molecule has 0 aromatic heterocycles. The first kappa shape index (κ1) is 22.9. The van der Waals surface area contributed by atoms with Gasteiger partial charge in [0, 0.05) is 18.7 Å². The highest BCUT2D eigenvalue weighted by Gasteiger charge is 2.18. The van der Waals surface area contributed by atoms with Crippen LogP contribution < -0.4 is 9.46 Å². The quantitative estimate of drug-likeness (QED) is 0.676. The van der Waals surface area contributed by atoms with Crippen molar-refractivity contribution in [2.75, 3.05) is 20.2 Å². The molecule has 0 fully saturated rings. The van der Waals surface area contributed by atoms with Crippen molar-refractivity contribution >= 4 is 15.9 Å². The number of carbonyl (C=O) groups is 1. The zero-order valence-corrected chi connectivity index (χ0v) is 18.5. The number of amides is 1. The number of carbonyl (C=O) groups excluding carboxylic acids is 1. The Morgan fingerprint density at radius 3 is 2.24 bits per heavy atom. The van der Waals surface area contributed by atoms with Crippen molar-refractivity contribution in [3.8, 4) is 5.75 Å². The molecular weight excluding hydrogens is 388 g/mol. The molecule has 7 heteroatoms. The van der Waals surface area contributed by atoms with Crippen molar-refractivity contribution in [1.29, 1.82) is 0 Å². The van der Waals surface area contributed by atoms with E-state index in [2.05, 4.69) is 10.8 Å². The van der Waals surface area contributed by atoms with E-state index >= 15 is 0 Å². The van der Waals surface area contributed by atoms with E-state index in [-0.39, 0.29) is 16.8 Å². The summed E-state index contributed by atoms with van der Waals surface area (Å²) in [7, 11) is -1.88. The number of hydrogen-bond donors (Lipinski definition) is 1. The second kappa shape index (κ2) is 9.89. The van der Waals surface area contributed by atoms with Gasteiger partial charge in [0.15, 0.2) is 0 Å². The molecule has 29 heavy (non-hydrogen) atoms. The van der Waals surface area contributed by atoms with E-state index in [1.165, 1.54) is 24.3 Å². The lowest BCUT2D eigenvalue weighted by Gasteiger charge is -2.18. The summed E-state index contributed by atoms with van der Waals surface area (Å²) < 4.78 is 33.0. The Kier molecular flexibility index (Phi) is 7.81. The Morgan fingerprint density at radius 2 is 1.69 bits per heavy atom. The van der Waals surface area contributed by atoms with Crippen molar-refractivity contribution in [3.05, 3.63) is 59.2 Å². The van der Waals surface area contributed by atoms with Crippen LogP contribution in [0, 0.1) is 13.8 Å². The van der Waals surface area contributed by atoms with Crippen molar-refractivity contribution in [1.82, 2.24) is 9.62 Å². The van der Waals surface area contributed by atoms with E-state index in [1.807, 2.05) is 39.8 Å². The zero-order chi connectivity index (χ0) is 21.6. The lowest BCUT2D eigenvalue weighted by molar-refractivity contribution is 0.0773. The minimum atomic E-state index is -3.58. The number of nitrogens with one attached hydrogen (secondary N) is 1. The number of benzene rings is 2. The van der Waals surface area contributed by atoms with Gasteiger partial charge in [0.05, 0.1) is 11.4 Å². The average molecular weight is 419 g/mol. The van der Waals surface area contributed by atoms with Gasteiger partial charge in [0.1, 0.15) is 12.4 Å². The van der Waals surface area contributed by atoms with E-state index in [4.69, 9.17) is 4.74 Å². The molecule has 2 aromatic carbocycles. The van der Waals surface area contributed by atoms with Crippen molar-refractivity contribution in [2.45, 2.75) is 45.1 Å². The van der Waals surface area contributed by atoms with Crippen LogP contribution in [-0.2, 0) is 10.0 Å². The molecule has 0 aliphatic carbocycles. The Labute approximate surface area is 173 Å². The van der Waals surface area contributed by atoms with Crippen LogP contribution in [0.5, 0.6) is 5.75 Å². The van der Waals surface area contributed by atoms with Gasteiger partial charge in [-0.05, 0) is 74.7 Å². The number of rotatable bonds is 9. The molecular formula is C22H30N2O4S. The number of aryl methyl sites for hydroxylation is 2. The summed E-state index contributed by atoms with van der Waals surface area (Å²) in [6.07, 6.45) is 0.699. The molecule has 0 spiro atoms. The van der Waals surface area contributed by atoms with Crippen LogP contribution in [0.2, 0.25) is 0 Å². The maximum atomic E-state index is 12.6. The Balaban J connectivity index is 1.95. The average Bonchev–Trinajstić information content (AvgIpc) is 2.66. The van der Waals surface area contributed by atoms with Gasteiger partial charge in [-0.3, -0.25) is 4.79 Å². The minimum absolute atomic E-state index is 0.148. The largest absolute Gasteiger partial charge is 0.492 e. The molecule has 1 unspecified atom stereocenters. The van der Waals surface area contributed by atoms with Gasteiger partial charge in [-0.15, -0.1) is 0 Å². The van der Waals surface area contributed by atoms with E-state index < -0.39 is 10.0 Å². The molecule has 0 aliphatic rings. The number of ether oxygens (including phenoxy) is 1. The van der Waals surface area contributed by atoms with E-state index in [9.17, 15) is 13.2 Å². The third-order valence-corrected chi connectivity index (χ3v) is 6.22. The highest BCUT2D eigenvalue weighted by molar-refractivity contribution is 7.89. The molecule has 1 atom stereocenters. The van der Waals surface area contributed by atoms with Crippen LogP contribution in [0.3, 0.4) is 0 Å². The molecule has 1 amide bonds. The molecule has 0 saturated carbocycles. The van der Waals surface area contributed by atoms with Crippen LogP contribution in [0.4, 0.5) is 0 Å². The molecule has 0 bridgehead atoms. The minimum Gasteiger partial charge on any atom is -0.492 e. The zero-order valence-electron chi connectivity index (χ0n) is 17.7. The highest BCUT2D eigenvalue weighted by atomic mass is 32.2. The number of nitrogens with zero attached hydrogens (tertiary/aromatic N) is 1. The molecule has 1 N–H and O–H groups in total. The van der Waals surface area contributed by atoms with Crippen LogP contribution in [0.25, 0.3) is 0 Å². The van der Waals surface area contributed by atoms with Gasteiger partial charge in [-0.1, -0.05) is 13.0 Å². The van der Waals surface area contributed by atoms with Crippen molar-refractivity contribution in [3.63, 3.8) is 0 Å². The standard InChI is InChI=1S/C22H30N2O4S/c1-6-18(4)23-29(26,27)21-9-7-19(8-10-21)22(25)24(5)11-12-28-20-14-16(2)13-17(3)15-20/h7-10,13-15,18,23H,6,11-12H2,1-5H3. The lowest BCUT2D eigenvalue weighted by Crippen LogP contribution is -2.32. The second-order valence-corrected chi connectivity index (χ2v) is 9.07. The molecule has 158 valence electrons. The predicted octanol–water partition coefficient (Wildman–Crippen LogP) is 3.53. The molecule has 6 nitrogen and oxygen atoms in total. The van der Waals surface area contributed by atoms with Crippen LogP contribution in [0.1, 0.15) is 41.8 Å². The van der Waals surface area contributed by atoms with Gasteiger partial charge in [-0.25, -0.2) is 13.1 Å². The number of likely N-dealkylation sites (N-methyl/N-ethyl adjacent to an activating group) is 1. The predicted molar refractivity (Wildman–Crippen MR) is 115 cm³/mol. The molecule has 0 aliphatic heterocycles. The van der Waals surface area contributed by atoms with Crippen LogP contribution in [0.15, 0.2) is 47.4 Å². The maximum absolute atomic E-state index is 12.6. The molecule has 0 saturated heterocycles. The smallest absolute Gasteiger partial charge is 0.253 e. The lowest BCUT2D eigenvalue weighted by atomic mass is 10.1. The highest BCUT2D eigenvalue weighted by Crippen LogP contribution is 2.16. The summed E-state index contributed by atoms with van der Waals surface area (Å²) in [5, 5.41) is 0. The number of sulfonamides is 1. The summed E-state index contributed by atoms with van der Waals surface area (Å²) in [4.78, 5) is 14.3. The van der Waals surface area contributed by atoms with Gasteiger partial charge in [0.2, 0.25) is 10.0 Å². The second-order valence-electron chi connectivity index (χ2n) is 7.35. The van der Waals surface area contributed by atoms with Crippen molar-refractivity contribution < 1.29 is 17.9 Å². The van der Waals surface area contributed by atoms with E-state index in [1.54, 1.807) is 11.9 Å². The molecule has 2 rings (SSSR count). The van der Waals surface area contributed by atoms with Crippen LogP contribution >= 0.6 is 0 Å². The van der Waals surface area contributed by atoms with E-state index in [0.29, 0.717) is 25.1 Å². The fraction of sp³-hybridized carbons (Fsp3) is 0.409.